The normalized spacial score (nSPS) is 37.1. The van der Waals surface area contributed by atoms with Gasteiger partial charge in [0, 0.05) is 53.4 Å². The van der Waals surface area contributed by atoms with Gasteiger partial charge in [-0.15, -0.1) is 0 Å². The van der Waals surface area contributed by atoms with Gasteiger partial charge in [-0.3, -0.25) is 51.3 Å². The number of hydrogen-bond acceptors (Lipinski definition) is 28. The fourth-order valence-corrected chi connectivity index (χ4v) is 16.2. The Kier molecular flexibility index (Phi) is 16.6. The summed E-state index contributed by atoms with van der Waals surface area (Å²) in [7, 11) is -4.88. The maximum absolute atomic E-state index is 16.0. The number of anilines is 4. The average molecular weight is 1380 g/mol. The molecule has 0 radical (unpaired) electrons. The highest BCUT2D eigenvalue weighted by molar-refractivity contribution is 8.07. The molecule has 0 spiro atoms. The fourth-order valence-electron chi connectivity index (χ4n) is 10.9. The minimum absolute atomic E-state index is 0.0211. The van der Waals surface area contributed by atoms with E-state index in [0.717, 1.165) is 6.33 Å². The van der Waals surface area contributed by atoms with E-state index in [-0.39, 0.29) is 47.3 Å². The van der Waals surface area contributed by atoms with E-state index in [1.807, 2.05) is 0 Å². The zero-order chi connectivity index (χ0) is 62.8. The van der Waals surface area contributed by atoms with E-state index in [1.54, 1.807) is 24.3 Å². The number of alkyl halides is 3. The van der Waals surface area contributed by atoms with Crippen LogP contribution in [0.15, 0.2) is 71.3 Å². The van der Waals surface area contributed by atoms with Crippen molar-refractivity contribution in [2.24, 2.45) is 0 Å². The summed E-state index contributed by atoms with van der Waals surface area (Å²) in [4.78, 5) is 97.5. The highest BCUT2D eigenvalue weighted by Crippen LogP contribution is 2.57. The maximum atomic E-state index is 16.0. The predicted molar refractivity (Wildman–Crippen MR) is 311 cm³/mol. The van der Waals surface area contributed by atoms with Crippen molar-refractivity contribution in [3.05, 3.63) is 82.4 Å². The van der Waals surface area contributed by atoms with E-state index >= 15 is 13.2 Å². The molecule has 14 N–H and O–H groups in total. The van der Waals surface area contributed by atoms with Crippen LogP contribution in [0.5, 0.6) is 0 Å². The molecule has 45 heteroatoms. The van der Waals surface area contributed by atoms with Crippen molar-refractivity contribution in [1.82, 2.24) is 58.1 Å². The third kappa shape index (κ3) is 12.1. The first-order valence-corrected chi connectivity index (χ1v) is 35.5. The monoisotopic (exact) mass is 1380 g/mol. The number of halogens is 3. The molecular weight excluding hydrogens is 1330 g/mol. The van der Waals surface area contributed by atoms with Crippen molar-refractivity contribution in [2.75, 3.05) is 49.4 Å². The van der Waals surface area contributed by atoms with Crippen molar-refractivity contribution in [1.29, 1.82) is 0 Å². The quantitative estimate of drug-likeness (QED) is 0.113. The van der Waals surface area contributed by atoms with Crippen LogP contribution in [0.25, 0.3) is 44.4 Å². The number of phosphoric acid groups is 1. The molecule has 0 saturated carbocycles. The zero-order valence-electron chi connectivity index (χ0n) is 44.8. The van der Waals surface area contributed by atoms with Gasteiger partial charge in [0.2, 0.25) is 11.9 Å². The van der Waals surface area contributed by atoms with E-state index in [2.05, 4.69) is 39.9 Å². The summed E-state index contributed by atoms with van der Waals surface area (Å²) in [6, 6.07) is 6.43. The number of ether oxygens (including phenoxy) is 4. The molecule has 4 unspecified atom stereocenters. The molecule has 6 saturated heterocycles. The maximum Gasteiger partial charge on any atom is 0.472 e. The number of nitrogens with two attached hydrogens (primary N) is 4. The van der Waals surface area contributed by atoms with E-state index in [1.165, 1.54) is 49.4 Å². The number of nitrogens with zero attached hydrogens (tertiary/aromatic N) is 10. The number of rotatable bonds is 4. The minimum atomic E-state index is -4.88. The van der Waals surface area contributed by atoms with Gasteiger partial charge in [0.15, 0.2) is 65.8 Å². The molecule has 6 aliphatic rings. The molecule has 4 bridgehead atoms. The molecule has 6 aliphatic heterocycles. The topological polar surface area (TPSA) is 476 Å². The summed E-state index contributed by atoms with van der Waals surface area (Å²) in [5.41, 5.74) is 23.3. The summed E-state index contributed by atoms with van der Waals surface area (Å²) in [6.07, 6.45) is -14.1. The average Bonchev–Trinajstić information content (AvgIpc) is 1.68. The molecule has 35 nitrogen and oxygen atoms in total. The summed E-state index contributed by atoms with van der Waals surface area (Å²) in [6.45, 7) is -15.2. The number of imidazole rings is 2. The number of fused-ring (bicyclic) bond motifs is 10. The van der Waals surface area contributed by atoms with Gasteiger partial charge in [-0.05, 0) is 59.7 Å². The standard InChI is InChI=1S/C22H24F2N8O9P2S2.C22H25FN8O10P2S/c23-12-10-5-36-42(34,44)40-15-11(39-20(13(15)24)31-4-2-8-9(25)1-3-27-17(8)31)6-37-43(35,45)41-16(12)21(38-10)32-7-28-14-18(32)29-22(26)30-19(14)33;23-14-16-13(39-21(14)30-4-2-10-11(24)1-3-26-17(10)30)7-36-42(33,34)40-12-5-9(6-37-43(35,44)41-16)38-20(12)31-8-27-15-18(31)28-22(25)29-19(15)32/h1-4,7,10-13,15-16,20-21H,5-6H2,(H2,25,27)(H,34,44)(H,35,45)(H3,26,29,30,33);1-4,8-9,12-14,16,20-21H,5-7H2,(H2,24,26)(H,33,34)(H,35,44)(H3,25,28,29,32)/t10-,11-,12-,13+,15-,16-,20-,21-,42?,43?;9-,12+,13+,14-,16+,20+,21+,43?/m10/s1. The molecule has 0 aromatic carbocycles. The van der Waals surface area contributed by atoms with Crippen molar-refractivity contribution in [3.8, 4) is 0 Å². The van der Waals surface area contributed by atoms with Crippen LogP contribution >= 0.6 is 28.0 Å². The molecule has 14 heterocycles. The first-order chi connectivity index (χ1) is 42.2. The van der Waals surface area contributed by atoms with Crippen molar-refractivity contribution in [3.63, 3.8) is 0 Å². The van der Waals surface area contributed by atoms with Crippen LogP contribution in [-0.4, -0.2) is 171 Å². The van der Waals surface area contributed by atoms with Gasteiger partial charge in [-0.2, -0.15) is 9.97 Å². The van der Waals surface area contributed by atoms with Gasteiger partial charge in [0.1, 0.15) is 54.0 Å². The highest BCUT2D eigenvalue weighted by Gasteiger charge is 2.55. The van der Waals surface area contributed by atoms with Gasteiger partial charge >= 0.3 is 28.0 Å². The lowest BCUT2D eigenvalue weighted by atomic mass is 10.1. The van der Waals surface area contributed by atoms with Crippen LogP contribution < -0.4 is 34.1 Å². The minimum Gasteiger partial charge on any atom is -0.398 e. The number of phosphoric ester groups is 1. The van der Waals surface area contributed by atoms with Crippen LogP contribution in [0.3, 0.4) is 0 Å². The molecule has 89 heavy (non-hydrogen) atoms. The van der Waals surface area contributed by atoms with Crippen molar-refractivity contribution >= 4 is 131 Å². The van der Waals surface area contributed by atoms with E-state index in [0.29, 0.717) is 33.4 Å². The second kappa shape index (κ2) is 23.6. The SMILES string of the molecule is Nc1nc2c(ncn2[C@@H]2O[C@@H]3COP(O)(=S)O[C@H]4[C@H](F)[C@H](n5ccc6c(N)ccnc65)O[C@@H]4COP(=O)(O)O[C@@H]2C3)c(=O)[nH]1.Nc1nc2c(ncn2[C@@H]2O[C@@H]3COP(O)(=S)O[C@H]4[C@H](F)[C@H](n5ccc6c(N)ccnc65)O[C@@H]4COP(O)(=S)O[C@@H]2[C@@H]3F)c(=O)[nH]1. The summed E-state index contributed by atoms with van der Waals surface area (Å²) in [5, 5.41) is 1.09. The lowest BCUT2D eigenvalue weighted by Crippen LogP contribution is -2.34. The number of aromatic nitrogens is 12. The molecule has 478 valence electrons. The van der Waals surface area contributed by atoms with Crippen LogP contribution in [0.2, 0.25) is 0 Å². The Morgan fingerprint density at radius 3 is 1.48 bits per heavy atom. The van der Waals surface area contributed by atoms with Gasteiger partial charge in [0.25, 0.3) is 11.1 Å². The first-order valence-electron chi connectivity index (χ1n) is 26.2. The van der Waals surface area contributed by atoms with Crippen molar-refractivity contribution < 1.29 is 92.4 Å². The van der Waals surface area contributed by atoms with Crippen LogP contribution in [0.1, 0.15) is 31.3 Å². The van der Waals surface area contributed by atoms with Gasteiger partial charge in [-0.1, -0.05) is 0 Å². The Balaban J connectivity index is 0.000000164. The van der Waals surface area contributed by atoms with E-state index in [9.17, 15) is 33.7 Å². The Hall–Kier alpha value is -5.39. The first kappa shape index (κ1) is 62.4. The predicted octanol–water partition coefficient (Wildman–Crippen LogP) is 2.05. The molecule has 19 atom stereocenters. The number of aromatic amines is 2. The molecule has 6 fully saturated rings. The zero-order valence-corrected chi connectivity index (χ0v) is 50.8. The van der Waals surface area contributed by atoms with E-state index in [4.69, 9.17) is 113 Å². The highest BCUT2D eigenvalue weighted by atomic mass is 32.5. The molecular formula is C44H49F3N16O19P4S3. The smallest absolute Gasteiger partial charge is 0.398 e. The molecule has 14 rings (SSSR count). The molecule has 0 aliphatic carbocycles. The Morgan fingerprint density at radius 2 is 0.966 bits per heavy atom. The van der Waals surface area contributed by atoms with Crippen molar-refractivity contribution in [2.45, 2.75) is 98.7 Å². The Labute approximate surface area is 509 Å². The lowest BCUT2D eigenvalue weighted by Gasteiger charge is -2.27. The number of nitrogens with one attached hydrogen (secondary N) is 2. The van der Waals surface area contributed by atoms with Gasteiger partial charge in [-0.25, -0.2) is 37.7 Å². The second-order valence-corrected chi connectivity index (χ2v) is 30.4. The molecule has 0 amide bonds. The van der Waals surface area contributed by atoms with Crippen LogP contribution in [-0.2, 0) is 95.1 Å². The third-order valence-corrected chi connectivity index (χ3v) is 20.6. The number of hydrogen-bond donors (Lipinski definition) is 10. The number of pyridine rings is 2. The lowest BCUT2D eigenvalue weighted by molar-refractivity contribution is -0.0641. The fraction of sp³-hybridized carbons (Fsp3) is 0.455. The third-order valence-electron chi connectivity index (χ3n) is 14.9. The Bertz CT molecular complexity index is 4400. The molecule has 8 aromatic heterocycles. The summed E-state index contributed by atoms with van der Waals surface area (Å²) in [5.74, 6) is -0.446. The van der Waals surface area contributed by atoms with E-state index < -0.39 is 151 Å². The largest absolute Gasteiger partial charge is 0.472 e. The summed E-state index contributed by atoms with van der Waals surface area (Å²) >= 11 is 15.5. The van der Waals surface area contributed by atoms with Crippen LogP contribution in [0, 0.1) is 0 Å². The second-order valence-electron chi connectivity index (χ2n) is 20.6. The van der Waals surface area contributed by atoms with Crippen LogP contribution in [0.4, 0.5) is 36.4 Å². The van der Waals surface area contributed by atoms with Gasteiger partial charge in [0.05, 0.1) is 45.2 Å². The number of nitrogen functional groups attached to an aromatic ring is 4. The summed E-state index contributed by atoms with van der Waals surface area (Å²) < 4.78 is 134. The Morgan fingerprint density at radius 1 is 0.517 bits per heavy atom. The van der Waals surface area contributed by atoms with Gasteiger partial charge < -0.3 is 84.2 Å². The molecule has 8 aromatic rings. The number of H-pyrrole nitrogens is 2.